The molecule has 0 unspecified atom stereocenters. The van der Waals surface area contributed by atoms with E-state index in [1.165, 1.54) is 35.8 Å². The molecule has 8 nitrogen and oxygen atoms in total. The van der Waals surface area contributed by atoms with E-state index in [0.29, 0.717) is 28.1 Å². The van der Waals surface area contributed by atoms with Crippen molar-refractivity contribution in [2.75, 3.05) is 18.2 Å². The van der Waals surface area contributed by atoms with Gasteiger partial charge in [0.2, 0.25) is 5.91 Å². The highest BCUT2D eigenvalue weighted by Crippen LogP contribution is 2.29. The molecule has 3 aromatic rings. The minimum absolute atomic E-state index is 0.133. The van der Waals surface area contributed by atoms with E-state index in [1.807, 2.05) is 43.5 Å². The molecule has 1 aromatic carbocycles. The molecule has 0 fully saturated rings. The number of thiophene rings is 1. The standard InChI is InChI=1S/C22H26N4O4S2/c1-6-26-18(11-30-16-8-7-13(2)14(3)9-16)24-25-22(26)31-12-19(27)23-20-17(21(28)29-5)10-15(4)32-20/h7-10H,6,11-12H2,1-5H3,(H,23,27). The van der Waals surface area contributed by atoms with Crippen LogP contribution >= 0.6 is 23.1 Å². The van der Waals surface area contributed by atoms with Gasteiger partial charge < -0.3 is 19.4 Å². The van der Waals surface area contributed by atoms with Gasteiger partial charge in [0.05, 0.1) is 18.4 Å². The summed E-state index contributed by atoms with van der Waals surface area (Å²) in [6, 6.07) is 7.66. The van der Waals surface area contributed by atoms with Crippen LogP contribution in [0.2, 0.25) is 0 Å². The van der Waals surface area contributed by atoms with Crippen LogP contribution in [0, 0.1) is 20.8 Å². The van der Waals surface area contributed by atoms with Crippen molar-refractivity contribution < 1.29 is 19.1 Å². The van der Waals surface area contributed by atoms with Gasteiger partial charge in [-0.05, 0) is 57.0 Å². The Morgan fingerprint density at radius 1 is 1.16 bits per heavy atom. The molecule has 0 aliphatic rings. The second-order valence-corrected chi connectivity index (χ2v) is 9.30. The van der Waals surface area contributed by atoms with Crippen molar-refractivity contribution in [2.24, 2.45) is 0 Å². The number of hydrogen-bond acceptors (Lipinski definition) is 8. The van der Waals surface area contributed by atoms with Gasteiger partial charge in [-0.1, -0.05) is 17.8 Å². The number of carbonyl (C=O) groups is 2. The lowest BCUT2D eigenvalue weighted by Crippen LogP contribution is -2.16. The van der Waals surface area contributed by atoms with E-state index < -0.39 is 5.97 Å². The maximum Gasteiger partial charge on any atom is 0.340 e. The molecule has 1 amide bonds. The van der Waals surface area contributed by atoms with Crippen molar-refractivity contribution in [3.63, 3.8) is 0 Å². The van der Waals surface area contributed by atoms with Crippen LogP contribution in [0.25, 0.3) is 0 Å². The molecular formula is C22H26N4O4S2. The maximum absolute atomic E-state index is 12.5. The second-order valence-electron chi connectivity index (χ2n) is 7.11. The van der Waals surface area contributed by atoms with Gasteiger partial charge in [-0.3, -0.25) is 4.79 Å². The van der Waals surface area contributed by atoms with Crippen molar-refractivity contribution in [1.29, 1.82) is 0 Å². The number of anilines is 1. The summed E-state index contributed by atoms with van der Waals surface area (Å²) in [5.74, 6) is 0.890. The van der Waals surface area contributed by atoms with E-state index in [1.54, 1.807) is 6.07 Å². The summed E-state index contributed by atoms with van der Waals surface area (Å²) in [7, 11) is 1.32. The zero-order valence-electron chi connectivity index (χ0n) is 18.7. The first-order chi connectivity index (χ1) is 15.3. The number of thioether (sulfide) groups is 1. The lowest BCUT2D eigenvalue weighted by Gasteiger charge is -2.10. The summed E-state index contributed by atoms with van der Waals surface area (Å²) >= 11 is 2.62. The van der Waals surface area contributed by atoms with Crippen LogP contribution in [0.15, 0.2) is 29.4 Å². The van der Waals surface area contributed by atoms with Crippen LogP contribution in [0.4, 0.5) is 5.00 Å². The maximum atomic E-state index is 12.5. The number of aryl methyl sites for hydroxylation is 3. The van der Waals surface area contributed by atoms with Crippen LogP contribution < -0.4 is 10.1 Å². The van der Waals surface area contributed by atoms with Gasteiger partial charge in [-0.15, -0.1) is 21.5 Å². The highest BCUT2D eigenvalue weighted by molar-refractivity contribution is 7.99. The molecule has 0 saturated carbocycles. The number of carbonyl (C=O) groups excluding carboxylic acids is 2. The molecule has 2 heterocycles. The Kier molecular flexibility index (Phi) is 7.92. The number of benzene rings is 1. The van der Waals surface area contributed by atoms with Gasteiger partial charge in [0.25, 0.3) is 0 Å². The van der Waals surface area contributed by atoms with Gasteiger partial charge in [-0.25, -0.2) is 4.79 Å². The number of nitrogens with zero attached hydrogens (tertiary/aromatic N) is 3. The van der Waals surface area contributed by atoms with E-state index in [9.17, 15) is 9.59 Å². The quantitative estimate of drug-likeness (QED) is 0.363. The van der Waals surface area contributed by atoms with Crippen LogP contribution in [0.1, 0.15) is 39.1 Å². The third-order valence-corrected chi connectivity index (χ3v) is 6.73. The Bertz CT molecular complexity index is 1120. The Labute approximate surface area is 195 Å². The predicted octanol–water partition coefficient (Wildman–Crippen LogP) is 4.38. The lowest BCUT2D eigenvalue weighted by atomic mass is 10.1. The molecule has 3 rings (SSSR count). The zero-order chi connectivity index (χ0) is 23.3. The summed E-state index contributed by atoms with van der Waals surface area (Å²) in [5.41, 5.74) is 2.73. The summed E-state index contributed by atoms with van der Waals surface area (Å²) in [6.45, 7) is 8.90. The van der Waals surface area contributed by atoms with Crippen LogP contribution in [0.3, 0.4) is 0 Å². The van der Waals surface area contributed by atoms with E-state index in [2.05, 4.69) is 22.4 Å². The molecule has 0 atom stereocenters. The van der Waals surface area contributed by atoms with E-state index >= 15 is 0 Å². The highest BCUT2D eigenvalue weighted by Gasteiger charge is 2.19. The van der Waals surface area contributed by atoms with Crippen molar-refractivity contribution in [3.8, 4) is 5.75 Å². The fraction of sp³-hybridized carbons (Fsp3) is 0.364. The fourth-order valence-electron chi connectivity index (χ4n) is 2.96. The molecule has 1 N–H and O–H groups in total. The number of methoxy groups -OCH3 is 1. The summed E-state index contributed by atoms with van der Waals surface area (Å²) in [4.78, 5) is 25.3. The Morgan fingerprint density at radius 2 is 1.94 bits per heavy atom. The second kappa shape index (κ2) is 10.6. The van der Waals surface area contributed by atoms with Crippen LogP contribution in [-0.4, -0.2) is 39.5 Å². The number of esters is 1. The average molecular weight is 475 g/mol. The van der Waals surface area contributed by atoms with Gasteiger partial charge in [0, 0.05) is 11.4 Å². The van der Waals surface area contributed by atoms with Gasteiger partial charge in [0.1, 0.15) is 17.4 Å². The van der Waals surface area contributed by atoms with E-state index in [0.717, 1.165) is 16.2 Å². The third kappa shape index (κ3) is 5.68. The van der Waals surface area contributed by atoms with Crippen molar-refractivity contribution in [2.45, 2.75) is 46.0 Å². The molecule has 0 aliphatic heterocycles. The minimum Gasteiger partial charge on any atom is -0.486 e. The predicted molar refractivity (Wildman–Crippen MR) is 126 cm³/mol. The summed E-state index contributed by atoms with van der Waals surface area (Å²) < 4.78 is 12.6. The fourth-order valence-corrected chi connectivity index (χ4v) is 4.70. The number of amides is 1. The van der Waals surface area contributed by atoms with E-state index in [-0.39, 0.29) is 18.3 Å². The molecular weight excluding hydrogens is 448 g/mol. The van der Waals surface area contributed by atoms with E-state index in [4.69, 9.17) is 9.47 Å². The Morgan fingerprint density at radius 3 is 2.62 bits per heavy atom. The third-order valence-electron chi connectivity index (χ3n) is 4.80. The number of nitrogens with one attached hydrogen (secondary N) is 1. The number of ether oxygens (including phenoxy) is 2. The number of aromatic nitrogens is 3. The monoisotopic (exact) mass is 474 g/mol. The molecule has 32 heavy (non-hydrogen) atoms. The summed E-state index contributed by atoms with van der Waals surface area (Å²) in [5, 5.41) is 12.4. The topological polar surface area (TPSA) is 95.3 Å². The van der Waals surface area contributed by atoms with Gasteiger partial charge >= 0.3 is 5.97 Å². The van der Waals surface area contributed by atoms with Gasteiger partial charge in [0.15, 0.2) is 11.0 Å². The number of hydrogen-bond donors (Lipinski definition) is 1. The smallest absolute Gasteiger partial charge is 0.340 e. The Balaban J connectivity index is 1.61. The Hall–Kier alpha value is -2.85. The summed E-state index contributed by atoms with van der Waals surface area (Å²) in [6.07, 6.45) is 0. The average Bonchev–Trinajstić information content (AvgIpc) is 3.34. The minimum atomic E-state index is -0.476. The lowest BCUT2D eigenvalue weighted by molar-refractivity contribution is -0.113. The zero-order valence-corrected chi connectivity index (χ0v) is 20.4. The van der Waals surface area contributed by atoms with Gasteiger partial charge in [-0.2, -0.15) is 0 Å². The first kappa shape index (κ1) is 23.8. The molecule has 0 aliphatic carbocycles. The highest BCUT2D eigenvalue weighted by atomic mass is 32.2. The number of rotatable bonds is 9. The SMILES string of the molecule is CCn1c(COc2ccc(C)c(C)c2)nnc1SCC(=O)Nc1sc(C)cc1C(=O)OC. The first-order valence-electron chi connectivity index (χ1n) is 10.1. The van der Waals surface area contributed by atoms with Crippen molar-refractivity contribution in [1.82, 2.24) is 14.8 Å². The molecule has 0 saturated heterocycles. The van der Waals surface area contributed by atoms with Crippen molar-refractivity contribution in [3.05, 3.63) is 51.7 Å². The molecule has 10 heteroatoms. The normalized spacial score (nSPS) is 10.8. The molecule has 0 radical (unpaired) electrons. The largest absolute Gasteiger partial charge is 0.486 e. The van der Waals surface area contributed by atoms with Crippen LogP contribution in [-0.2, 0) is 22.7 Å². The molecule has 0 spiro atoms. The molecule has 0 bridgehead atoms. The van der Waals surface area contributed by atoms with Crippen molar-refractivity contribution >= 4 is 40.0 Å². The molecule has 170 valence electrons. The van der Waals surface area contributed by atoms with Crippen LogP contribution in [0.5, 0.6) is 5.75 Å². The first-order valence-corrected chi connectivity index (χ1v) is 11.9. The molecule has 2 aromatic heterocycles.